The summed E-state index contributed by atoms with van der Waals surface area (Å²) in [7, 11) is 0. The number of hydrogen-bond acceptors (Lipinski definition) is 8. The van der Waals surface area contributed by atoms with Crippen LogP contribution in [0.4, 0.5) is 5.69 Å². The van der Waals surface area contributed by atoms with E-state index >= 15 is 0 Å². The average molecular weight is 606 g/mol. The van der Waals surface area contributed by atoms with Gasteiger partial charge in [0.15, 0.2) is 5.82 Å². The summed E-state index contributed by atoms with van der Waals surface area (Å²) in [6.45, 7) is 0.373. The fourth-order valence-electron chi connectivity index (χ4n) is 4.11. The third kappa shape index (κ3) is 7.49. The zero-order valence-corrected chi connectivity index (χ0v) is 23.3. The number of benzene rings is 2. The average Bonchev–Trinajstić information content (AvgIpc) is 3.46. The number of aryl methyl sites for hydroxylation is 1. The SMILES string of the molecule is O=C(Nc1ccc(C[C@H](NC(=O)[C@@H]2CSCCN2C(=O)CCc2nn[nH]n2)C(=O)O)cc1)c1c(Cl)cccc1Cl. The lowest BCUT2D eigenvalue weighted by Crippen LogP contribution is -2.57. The monoisotopic (exact) mass is 605 g/mol. The maximum absolute atomic E-state index is 13.1. The number of nitrogens with zero attached hydrogens (tertiary/aromatic N) is 4. The Morgan fingerprint density at radius 2 is 1.85 bits per heavy atom. The lowest BCUT2D eigenvalue weighted by molar-refractivity contribution is -0.144. The second kappa shape index (κ2) is 13.6. The third-order valence-electron chi connectivity index (χ3n) is 6.16. The number of amides is 3. The summed E-state index contributed by atoms with van der Waals surface area (Å²) in [4.78, 5) is 52.1. The van der Waals surface area contributed by atoms with Crippen LogP contribution >= 0.6 is 35.0 Å². The summed E-state index contributed by atoms with van der Waals surface area (Å²) in [6, 6.07) is 9.25. The summed E-state index contributed by atoms with van der Waals surface area (Å²) >= 11 is 13.7. The highest BCUT2D eigenvalue weighted by atomic mass is 35.5. The van der Waals surface area contributed by atoms with Gasteiger partial charge in [-0.3, -0.25) is 14.4 Å². The summed E-state index contributed by atoms with van der Waals surface area (Å²) < 4.78 is 0. The van der Waals surface area contributed by atoms with Gasteiger partial charge in [-0.05, 0) is 29.8 Å². The Hall–Kier alpha value is -3.68. The molecular weight excluding hydrogens is 581 g/mol. The van der Waals surface area contributed by atoms with Crippen molar-refractivity contribution in [1.29, 1.82) is 0 Å². The highest BCUT2D eigenvalue weighted by Gasteiger charge is 2.34. The van der Waals surface area contributed by atoms with E-state index in [0.29, 0.717) is 35.1 Å². The number of hydrogen-bond donors (Lipinski definition) is 4. The summed E-state index contributed by atoms with van der Waals surface area (Å²) in [5, 5.41) is 29.0. The summed E-state index contributed by atoms with van der Waals surface area (Å²) in [5.74, 6) is -1.05. The molecule has 0 radical (unpaired) electrons. The highest BCUT2D eigenvalue weighted by molar-refractivity contribution is 7.99. The number of aromatic nitrogens is 4. The van der Waals surface area contributed by atoms with Crippen molar-refractivity contribution in [2.24, 2.45) is 0 Å². The second-order valence-electron chi connectivity index (χ2n) is 8.86. The van der Waals surface area contributed by atoms with Gasteiger partial charge in [0.25, 0.3) is 5.91 Å². The molecule has 4 rings (SSSR count). The standard InChI is InChI=1S/C25H25Cl2N7O5S/c26-16-2-1-3-17(27)22(16)24(37)28-15-6-4-14(5-7-15)12-18(25(38)39)29-23(36)19-13-40-11-10-34(19)21(35)9-8-20-30-32-33-31-20/h1-7,18-19H,8-13H2,(H,28,37)(H,29,36)(H,38,39)(H,30,31,32,33)/t18-,19-/m0/s1. The third-order valence-corrected chi connectivity index (χ3v) is 7.81. The molecule has 3 aromatic rings. The van der Waals surface area contributed by atoms with Crippen molar-refractivity contribution >= 4 is 64.3 Å². The first-order valence-electron chi connectivity index (χ1n) is 12.2. The minimum absolute atomic E-state index is 0.00270. The predicted octanol–water partition coefficient (Wildman–Crippen LogP) is 2.45. The number of aliphatic carboxylic acids is 1. The van der Waals surface area contributed by atoms with Crippen LogP contribution in [-0.4, -0.2) is 84.5 Å². The molecule has 12 nitrogen and oxygen atoms in total. The number of tetrazole rings is 1. The normalized spacial score (nSPS) is 15.8. The maximum Gasteiger partial charge on any atom is 0.326 e. The van der Waals surface area contributed by atoms with E-state index in [9.17, 15) is 24.3 Å². The van der Waals surface area contributed by atoms with Crippen LogP contribution in [0, 0.1) is 0 Å². The molecule has 40 heavy (non-hydrogen) atoms. The van der Waals surface area contributed by atoms with E-state index in [1.165, 1.54) is 16.7 Å². The lowest BCUT2D eigenvalue weighted by Gasteiger charge is -2.35. The number of rotatable bonds is 10. The molecule has 210 valence electrons. The van der Waals surface area contributed by atoms with Gasteiger partial charge in [-0.2, -0.15) is 17.0 Å². The molecule has 2 atom stereocenters. The van der Waals surface area contributed by atoms with E-state index in [4.69, 9.17) is 23.2 Å². The number of H-pyrrole nitrogens is 1. The van der Waals surface area contributed by atoms with E-state index in [0.717, 1.165) is 0 Å². The lowest BCUT2D eigenvalue weighted by atomic mass is 10.0. The van der Waals surface area contributed by atoms with Crippen LogP contribution in [0.5, 0.6) is 0 Å². The fourth-order valence-corrected chi connectivity index (χ4v) is 5.72. The summed E-state index contributed by atoms with van der Waals surface area (Å²) in [6.07, 6.45) is 0.367. The Labute approximate surface area is 243 Å². The number of carboxylic acid groups (broad SMARTS) is 1. The van der Waals surface area contributed by atoms with E-state index in [1.54, 1.807) is 42.5 Å². The van der Waals surface area contributed by atoms with Gasteiger partial charge in [-0.15, -0.1) is 10.2 Å². The molecule has 1 saturated heterocycles. The minimum Gasteiger partial charge on any atom is -0.480 e. The molecule has 1 aliphatic rings. The number of thioether (sulfide) groups is 1. The van der Waals surface area contributed by atoms with Crippen LogP contribution in [0.3, 0.4) is 0 Å². The Morgan fingerprint density at radius 1 is 1.12 bits per heavy atom. The molecule has 0 unspecified atom stereocenters. The fraction of sp³-hybridized carbons (Fsp3) is 0.320. The van der Waals surface area contributed by atoms with Crippen LogP contribution < -0.4 is 10.6 Å². The molecular formula is C25H25Cl2N7O5S. The zero-order valence-electron chi connectivity index (χ0n) is 21.0. The van der Waals surface area contributed by atoms with Gasteiger partial charge >= 0.3 is 5.97 Å². The van der Waals surface area contributed by atoms with Crippen molar-refractivity contribution in [2.45, 2.75) is 31.3 Å². The molecule has 0 bridgehead atoms. The van der Waals surface area contributed by atoms with Gasteiger partial charge in [0, 0.05) is 43.0 Å². The van der Waals surface area contributed by atoms with Crippen LogP contribution in [0.2, 0.25) is 10.0 Å². The molecule has 2 heterocycles. The number of nitrogens with one attached hydrogen (secondary N) is 3. The van der Waals surface area contributed by atoms with Crippen molar-refractivity contribution < 1.29 is 24.3 Å². The molecule has 15 heteroatoms. The first-order valence-corrected chi connectivity index (χ1v) is 14.1. The van der Waals surface area contributed by atoms with Gasteiger partial charge in [0.1, 0.15) is 12.1 Å². The first kappa shape index (κ1) is 29.3. The maximum atomic E-state index is 13.1. The number of carbonyl (C=O) groups excluding carboxylic acids is 3. The Balaban J connectivity index is 1.36. The number of carboxylic acids is 1. The number of aromatic amines is 1. The number of halogens is 2. The molecule has 0 saturated carbocycles. The van der Waals surface area contributed by atoms with E-state index in [2.05, 4.69) is 31.3 Å². The summed E-state index contributed by atoms with van der Waals surface area (Å²) in [5.41, 5.74) is 1.22. The highest BCUT2D eigenvalue weighted by Crippen LogP contribution is 2.25. The van der Waals surface area contributed by atoms with Gasteiger partial charge in [0.2, 0.25) is 11.8 Å². The molecule has 0 aliphatic carbocycles. The van der Waals surface area contributed by atoms with Crippen molar-refractivity contribution in [3.8, 4) is 0 Å². The molecule has 1 aliphatic heterocycles. The zero-order chi connectivity index (χ0) is 28.6. The van der Waals surface area contributed by atoms with Gasteiger partial charge in [-0.25, -0.2) is 4.79 Å². The van der Waals surface area contributed by atoms with Crippen LogP contribution in [0.25, 0.3) is 0 Å². The van der Waals surface area contributed by atoms with Crippen molar-refractivity contribution in [1.82, 2.24) is 30.8 Å². The quantitative estimate of drug-likeness (QED) is 0.271. The largest absolute Gasteiger partial charge is 0.480 e. The van der Waals surface area contributed by atoms with E-state index < -0.39 is 29.9 Å². The van der Waals surface area contributed by atoms with Gasteiger partial charge in [0.05, 0.1) is 15.6 Å². The van der Waals surface area contributed by atoms with E-state index in [1.807, 2.05) is 0 Å². The van der Waals surface area contributed by atoms with Crippen molar-refractivity contribution in [2.75, 3.05) is 23.4 Å². The van der Waals surface area contributed by atoms with Crippen LogP contribution in [-0.2, 0) is 27.2 Å². The second-order valence-corrected chi connectivity index (χ2v) is 10.8. The topological polar surface area (TPSA) is 170 Å². The Kier molecular flexibility index (Phi) is 9.96. The number of anilines is 1. The van der Waals surface area contributed by atoms with Crippen molar-refractivity contribution in [3.05, 3.63) is 69.5 Å². The number of carbonyl (C=O) groups is 4. The van der Waals surface area contributed by atoms with E-state index in [-0.39, 0.29) is 40.8 Å². The Morgan fingerprint density at radius 3 is 2.50 bits per heavy atom. The molecule has 4 N–H and O–H groups in total. The molecule has 0 spiro atoms. The van der Waals surface area contributed by atoms with Crippen LogP contribution in [0.1, 0.15) is 28.2 Å². The molecule has 2 aromatic carbocycles. The minimum atomic E-state index is -1.22. The predicted molar refractivity (Wildman–Crippen MR) is 149 cm³/mol. The van der Waals surface area contributed by atoms with Crippen LogP contribution in [0.15, 0.2) is 42.5 Å². The first-order chi connectivity index (χ1) is 19.2. The smallest absolute Gasteiger partial charge is 0.326 e. The Bertz CT molecular complexity index is 1350. The van der Waals surface area contributed by atoms with Crippen molar-refractivity contribution in [3.63, 3.8) is 0 Å². The molecule has 1 fully saturated rings. The van der Waals surface area contributed by atoms with Gasteiger partial charge < -0.3 is 20.6 Å². The molecule has 1 aromatic heterocycles. The molecule has 3 amide bonds. The van der Waals surface area contributed by atoms with Gasteiger partial charge in [-0.1, -0.05) is 46.6 Å².